The number of carbonyl (C=O) groups is 2. The average Bonchev–Trinajstić information content (AvgIpc) is 2.90. The van der Waals surface area contributed by atoms with Crippen molar-refractivity contribution in [2.24, 2.45) is 0 Å². The molecular formula is C15H18BrFN2O2. The zero-order valence-corrected chi connectivity index (χ0v) is 13.2. The SMILES string of the molecule is O=C(CCNC(=O)c1cc(F)cc(Br)c1)NC1CCCC1. The van der Waals surface area contributed by atoms with Gasteiger partial charge in [-0.1, -0.05) is 28.8 Å². The first-order chi connectivity index (χ1) is 10.0. The van der Waals surface area contributed by atoms with Crippen molar-refractivity contribution in [3.8, 4) is 0 Å². The lowest BCUT2D eigenvalue weighted by Crippen LogP contribution is -2.35. The van der Waals surface area contributed by atoms with E-state index in [1.165, 1.54) is 18.2 Å². The highest BCUT2D eigenvalue weighted by molar-refractivity contribution is 9.10. The first-order valence-electron chi connectivity index (χ1n) is 7.08. The summed E-state index contributed by atoms with van der Waals surface area (Å²) in [6, 6.07) is 4.27. The molecule has 114 valence electrons. The second kappa shape index (κ2) is 7.54. The Bertz CT molecular complexity index is 510. The molecule has 1 aromatic rings. The molecule has 1 aliphatic rings. The number of hydrogen-bond donors (Lipinski definition) is 2. The number of rotatable bonds is 5. The van der Waals surface area contributed by atoms with Gasteiger partial charge in [-0.2, -0.15) is 0 Å². The number of hydrogen-bond acceptors (Lipinski definition) is 2. The van der Waals surface area contributed by atoms with Crippen molar-refractivity contribution >= 4 is 27.7 Å². The molecule has 1 saturated carbocycles. The van der Waals surface area contributed by atoms with Crippen molar-refractivity contribution in [1.29, 1.82) is 0 Å². The van der Waals surface area contributed by atoms with Crippen molar-refractivity contribution in [2.75, 3.05) is 6.54 Å². The van der Waals surface area contributed by atoms with Crippen LogP contribution in [0.15, 0.2) is 22.7 Å². The fourth-order valence-electron chi connectivity index (χ4n) is 2.45. The van der Waals surface area contributed by atoms with E-state index in [9.17, 15) is 14.0 Å². The van der Waals surface area contributed by atoms with Crippen LogP contribution in [0.1, 0.15) is 42.5 Å². The largest absolute Gasteiger partial charge is 0.353 e. The van der Waals surface area contributed by atoms with Crippen LogP contribution in [0.5, 0.6) is 0 Å². The summed E-state index contributed by atoms with van der Waals surface area (Å²) in [7, 11) is 0. The second-order valence-electron chi connectivity index (χ2n) is 5.21. The smallest absolute Gasteiger partial charge is 0.251 e. The predicted octanol–water partition coefficient (Wildman–Crippen LogP) is 2.77. The summed E-state index contributed by atoms with van der Waals surface area (Å²) in [5.74, 6) is -0.917. The van der Waals surface area contributed by atoms with Crippen molar-refractivity contribution in [3.05, 3.63) is 34.1 Å². The molecule has 0 aliphatic heterocycles. The van der Waals surface area contributed by atoms with Gasteiger partial charge < -0.3 is 10.6 Å². The summed E-state index contributed by atoms with van der Waals surface area (Å²) in [6.45, 7) is 0.242. The van der Waals surface area contributed by atoms with Gasteiger partial charge in [0.25, 0.3) is 5.91 Å². The minimum atomic E-state index is -0.478. The van der Waals surface area contributed by atoms with Crippen LogP contribution in [0, 0.1) is 5.82 Å². The molecule has 1 aliphatic carbocycles. The summed E-state index contributed by atoms with van der Waals surface area (Å²) < 4.78 is 13.7. The Hall–Kier alpha value is -1.43. The first-order valence-corrected chi connectivity index (χ1v) is 7.87. The van der Waals surface area contributed by atoms with Gasteiger partial charge in [-0.3, -0.25) is 9.59 Å². The third kappa shape index (κ3) is 5.12. The van der Waals surface area contributed by atoms with Gasteiger partial charge in [-0.25, -0.2) is 4.39 Å². The molecule has 2 rings (SSSR count). The molecule has 4 nitrogen and oxygen atoms in total. The predicted molar refractivity (Wildman–Crippen MR) is 81.4 cm³/mol. The number of amides is 2. The first kappa shape index (κ1) is 15.9. The summed E-state index contributed by atoms with van der Waals surface area (Å²) in [4.78, 5) is 23.5. The molecule has 0 radical (unpaired) electrons. The maximum Gasteiger partial charge on any atom is 0.251 e. The Kier molecular flexibility index (Phi) is 5.73. The molecule has 1 fully saturated rings. The topological polar surface area (TPSA) is 58.2 Å². The zero-order chi connectivity index (χ0) is 15.2. The van der Waals surface area contributed by atoms with Gasteiger partial charge in [0.15, 0.2) is 0 Å². The van der Waals surface area contributed by atoms with E-state index in [0.29, 0.717) is 4.47 Å². The molecule has 0 atom stereocenters. The number of halogens is 2. The van der Waals surface area contributed by atoms with Gasteiger partial charge >= 0.3 is 0 Å². The fourth-order valence-corrected chi connectivity index (χ4v) is 2.91. The van der Waals surface area contributed by atoms with Gasteiger partial charge in [0.05, 0.1) is 0 Å². The molecule has 0 aromatic heterocycles. The Morgan fingerprint density at radius 3 is 2.62 bits per heavy atom. The number of benzene rings is 1. The van der Waals surface area contributed by atoms with Crippen LogP contribution >= 0.6 is 15.9 Å². The average molecular weight is 357 g/mol. The Balaban J connectivity index is 1.74. The zero-order valence-electron chi connectivity index (χ0n) is 11.6. The minimum absolute atomic E-state index is 0.0531. The summed E-state index contributed by atoms with van der Waals surface area (Å²) >= 11 is 3.14. The monoisotopic (exact) mass is 356 g/mol. The summed E-state index contributed by atoms with van der Waals surface area (Å²) in [5.41, 5.74) is 0.234. The standard InChI is InChI=1S/C15H18BrFN2O2/c16-11-7-10(8-12(17)9-11)15(21)18-6-5-14(20)19-13-3-1-2-4-13/h7-9,13H,1-6H2,(H,18,21)(H,19,20). The van der Waals surface area contributed by atoms with Crippen LogP contribution in [0.4, 0.5) is 4.39 Å². The molecule has 1 aromatic carbocycles. The van der Waals surface area contributed by atoms with Crippen molar-refractivity contribution in [1.82, 2.24) is 10.6 Å². The normalized spacial score (nSPS) is 15.0. The van der Waals surface area contributed by atoms with E-state index >= 15 is 0 Å². The molecule has 2 amide bonds. The Morgan fingerprint density at radius 1 is 1.24 bits per heavy atom. The molecule has 0 spiro atoms. The van der Waals surface area contributed by atoms with Gasteiger partial charge in [0.1, 0.15) is 5.82 Å². The highest BCUT2D eigenvalue weighted by atomic mass is 79.9. The molecule has 6 heteroatoms. The lowest BCUT2D eigenvalue weighted by atomic mass is 10.2. The minimum Gasteiger partial charge on any atom is -0.353 e. The quantitative estimate of drug-likeness (QED) is 0.852. The van der Waals surface area contributed by atoms with Crippen LogP contribution in [0.3, 0.4) is 0 Å². The molecule has 0 saturated heterocycles. The van der Waals surface area contributed by atoms with Crippen LogP contribution in [0.2, 0.25) is 0 Å². The van der Waals surface area contributed by atoms with Gasteiger partial charge in [-0.15, -0.1) is 0 Å². The summed E-state index contributed by atoms with van der Waals surface area (Å²) in [6.07, 6.45) is 4.63. The molecule has 0 heterocycles. The van der Waals surface area contributed by atoms with Gasteiger partial charge in [0.2, 0.25) is 5.91 Å². The third-order valence-electron chi connectivity index (χ3n) is 3.48. The fraction of sp³-hybridized carbons (Fsp3) is 0.467. The van der Waals surface area contributed by atoms with E-state index in [1.807, 2.05) is 0 Å². The Morgan fingerprint density at radius 2 is 1.95 bits per heavy atom. The van der Waals surface area contributed by atoms with E-state index in [-0.39, 0.29) is 36.4 Å². The maximum atomic E-state index is 13.2. The van der Waals surface area contributed by atoms with Crippen molar-refractivity contribution < 1.29 is 14.0 Å². The van der Waals surface area contributed by atoms with Gasteiger partial charge in [-0.05, 0) is 31.0 Å². The molecular weight excluding hydrogens is 339 g/mol. The lowest BCUT2D eigenvalue weighted by Gasteiger charge is -2.12. The molecule has 21 heavy (non-hydrogen) atoms. The van der Waals surface area contributed by atoms with Crippen LogP contribution in [0.25, 0.3) is 0 Å². The van der Waals surface area contributed by atoms with Crippen LogP contribution in [-0.4, -0.2) is 24.4 Å². The molecule has 2 N–H and O–H groups in total. The van der Waals surface area contributed by atoms with Crippen molar-refractivity contribution in [3.63, 3.8) is 0 Å². The van der Waals surface area contributed by atoms with Crippen LogP contribution < -0.4 is 10.6 Å². The van der Waals surface area contributed by atoms with E-state index in [4.69, 9.17) is 0 Å². The van der Waals surface area contributed by atoms with Gasteiger partial charge in [0, 0.05) is 29.0 Å². The van der Waals surface area contributed by atoms with E-state index in [0.717, 1.165) is 25.7 Å². The number of nitrogens with one attached hydrogen (secondary N) is 2. The molecule has 0 bridgehead atoms. The number of carbonyl (C=O) groups excluding carboxylic acids is 2. The molecule has 0 unspecified atom stereocenters. The van der Waals surface area contributed by atoms with E-state index in [1.54, 1.807) is 0 Å². The third-order valence-corrected chi connectivity index (χ3v) is 3.94. The van der Waals surface area contributed by atoms with E-state index in [2.05, 4.69) is 26.6 Å². The van der Waals surface area contributed by atoms with Crippen LogP contribution in [-0.2, 0) is 4.79 Å². The highest BCUT2D eigenvalue weighted by Crippen LogP contribution is 2.17. The Labute approximate surface area is 131 Å². The maximum absolute atomic E-state index is 13.2. The summed E-state index contributed by atoms with van der Waals surface area (Å²) in [5, 5.41) is 5.57. The van der Waals surface area contributed by atoms with Crippen molar-refractivity contribution in [2.45, 2.75) is 38.1 Å². The second-order valence-corrected chi connectivity index (χ2v) is 6.13. The lowest BCUT2D eigenvalue weighted by molar-refractivity contribution is -0.121. The highest BCUT2D eigenvalue weighted by Gasteiger charge is 2.17. The van der Waals surface area contributed by atoms with E-state index < -0.39 is 5.82 Å².